The first kappa shape index (κ1) is 29.3. The molecule has 0 bridgehead atoms. The van der Waals surface area contributed by atoms with Gasteiger partial charge in [-0.25, -0.2) is 0 Å². The Labute approximate surface area is 217 Å². The van der Waals surface area contributed by atoms with Crippen LogP contribution in [-0.4, -0.2) is 46.2 Å². The van der Waals surface area contributed by atoms with Crippen LogP contribution in [0.15, 0.2) is 97.6 Å². The summed E-state index contributed by atoms with van der Waals surface area (Å²) >= 11 is 0. The summed E-state index contributed by atoms with van der Waals surface area (Å²) in [5.41, 5.74) is 3.83. The molecule has 0 saturated carbocycles. The molecule has 36 heavy (non-hydrogen) atoms. The number of hydrogen-bond donors (Lipinski definition) is 0. The second-order valence-corrected chi connectivity index (χ2v) is 8.86. The van der Waals surface area contributed by atoms with E-state index >= 15 is 0 Å². The average Bonchev–Trinajstić information content (AvgIpc) is 2.92. The molecule has 3 aromatic rings. The fourth-order valence-electron chi connectivity index (χ4n) is 3.64. The zero-order valence-electron chi connectivity index (χ0n) is 22.3. The first-order valence-corrected chi connectivity index (χ1v) is 12.7. The van der Waals surface area contributed by atoms with Gasteiger partial charge in [-0.2, -0.15) is 0 Å². The Hall–Kier alpha value is -2.92. The summed E-state index contributed by atoms with van der Waals surface area (Å²) in [6.07, 6.45) is 1.56. The number of benzene rings is 3. The SMILES string of the molecule is C=CCOCC(COc1ccccc1C(C)c1ccccc1)OCCOC.CC(C)c1ccccc1. The van der Waals surface area contributed by atoms with E-state index in [9.17, 15) is 0 Å². The lowest BCUT2D eigenvalue weighted by molar-refractivity contribution is -0.0462. The van der Waals surface area contributed by atoms with Crippen molar-refractivity contribution in [2.45, 2.75) is 38.7 Å². The number of para-hydroxylation sites is 1. The zero-order valence-corrected chi connectivity index (χ0v) is 22.3. The summed E-state index contributed by atoms with van der Waals surface area (Å²) in [6.45, 7) is 12.7. The van der Waals surface area contributed by atoms with Gasteiger partial charge in [0.05, 0.1) is 26.4 Å². The Kier molecular flexibility index (Phi) is 14.2. The van der Waals surface area contributed by atoms with Crippen LogP contribution in [0, 0.1) is 0 Å². The fourth-order valence-corrected chi connectivity index (χ4v) is 3.64. The molecule has 0 aliphatic heterocycles. The van der Waals surface area contributed by atoms with Gasteiger partial charge in [-0.1, -0.05) is 106 Å². The van der Waals surface area contributed by atoms with E-state index in [1.807, 2.05) is 30.3 Å². The molecule has 2 unspecified atom stereocenters. The molecule has 0 aromatic heterocycles. The van der Waals surface area contributed by atoms with Crippen molar-refractivity contribution in [2.24, 2.45) is 0 Å². The summed E-state index contributed by atoms with van der Waals surface area (Å²) in [5.74, 6) is 1.77. The summed E-state index contributed by atoms with van der Waals surface area (Å²) < 4.78 is 22.6. The maximum atomic E-state index is 6.13. The molecule has 0 heterocycles. The molecule has 3 aromatic carbocycles. The van der Waals surface area contributed by atoms with Crippen LogP contribution in [0.5, 0.6) is 5.75 Å². The lowest BCUT2D eigenvalue weighted by Crippen LogP contribution is -2.29. The first-order valence-electron chi connectivity index (χ1n) is 12.7. The van der Waals surface area contributed by atoms with Gasteiger partial charge in [0, 0.05) is 18.6 Å². The summed E-state index contributed by atoms with van der Waals surface area (Å²) in [6, 6.07) is 29.1. The number of ether oxygens (including phenoxy) is 4. The Balaban J connectivity index is 0.000000425. The normalized spacial score (nSPS) is 12.4. The molecule has 0 saturated heterocycles. The van der Waals surface area contributed by atoms with Crippen molar-refractivity contribution in [3.8, 4) is 5.75 Å². The van der Waals surface area contributed by atoms with Crippen molar-refractivity contribution < 1.29 is 18.9 Å². The topological polar surface area (TPSA) is 36.9 Å². The van der Waals surface area contributed by atoms with Gasteiger partial charge in [-0.3, -0.25) is 0 Å². The molecule has 4 nitrogen and oxygen atoms in total. The van der Waals surface area contributed by atoms with E-state index in [-0.39, 0.29) is 12.0 Å². The summed E-state index contributed by atoms with van der Waals surface area (Å²) in [7, 11) is 1.66. The molecule has 194 valence electrons. The lowest BCUT2D eigenvalue weighted by atomic mass is 9.92. The largest absolute Gasteiger partial charge is 0.490 e. The van der Waals surface area contributed by atoms with Gasteiger partial charge >= 0.3 is 0 Å². The second kappa shape index (κ2) is 17.5. The van der Waals surface area contributed by atoms with Crippen molar-refractivity contribution in [1.29, 1.82) is 0 Å². The van der Waals surface area contributed by atoms with Crippen LogP contribution in [0.4, 0.5) is 0 Å². The van der Waals surface area contributed by atoms with Gasteiger partial charge in [-0.05, 0) is 23.1 Å². The second-order valence-electron chi connectivity index (χ2n) is 8.86. The lowest BCUT2D eigenvalue weighted by Gasteiger charge is -2.21. The minimum Gasteiger partial charge on any atom is -0.490 e. The highest BCUT2D eigenvalue weighted by Gasteiger charge is 2.16. The standard InChI is InChI=1S/C23H30O4.C9H12/c1-4-14-25-17-21(26-16-15-24-3)18-27-23-13-9-8-12-22(23)19(2)20-10-6-5-7-11-20;1-8(2)9-6-4-3-5-7-9/h4-13,19,21H,1,14-18H2,2-3H3;3-8H,1-2H3. The third-order valence-corrected chi connectivity index (χ3v) is 5.76. The number of hydrogen-bond acceptors (Lipinski definition) is 4. The van der Waals surface area contributed by atoms with Crippen LogP contribution in [0.1, 0.15) is 49.3 Å². The van der Waals surface area contributed by atoms with E-state index in [4.69, 9.17) is 18.9 Å². The van der Waals surface area contributed by atoms with E-state index < -0.39 is 0 Å². The summed E-state index contributed by atoms with van der Waals surface area (Å²) in [5, 5.41) is 0. The van der Waals surface area contributed by atoms with Crippen molar-refractivity contribution in [1.82, 2.24) is 0 Å². The van der Waals surface area contributed by atoms with Crippen LogP contribution in [0.25, 0.3) is 0 Å². The molecule has 4 heteroatoms. The maximum absolute atomic E-state index is 6.13. The molecule has 3 rings (SSSR count). The van der Waals surface area contributed by atoms with Gasteiger partial charge in [0.25, 0.3) is 0 Å². The molecule has 2 atom stereocenters. The van der Waals surface area contributed by atoms with E-state index in [0.29, 0.717) is 39.0 Å². The first-order chi connectivity index (χ1) is 17.6. The van der Waals surface area contributed by atoms with Crippen molar-refractivity contribution in [3.05, 3.63) is 114 Å². The van der Waals surface area contributed by atoms with Gasteiger partial charge in [0.2, 0.25) is 0 Å². The van der Waals surface area contributed by atoms with Crippen LogP contribution < -0.4 is 4.74 Å². The molecule has 0 fully saturated rings. The fraction of sp³-hybridized carbons (Fsp3) is 0.375. The number of methoxy groups -OCH3 is 1. The highest BCUT2D eigenvalue weighted by atomic mass is 16.6. The third kappa shape index (κ3) is 10.8. The highest BCUT2D eigenvalue weighted by Crippen LogP contribution is 2.31. The maximum Gasteiger partial charge on any atom is 0.123 e. The third-order valence-electron chi connectivity index (χ3n) is 5.76. The molecule has 0 aliphatic rings. The Morgan fingerprint density at radius 2 is 1.36 bits per heavy atom. The van der Waals surface area contributed by atoms with Crippen LogP contribution in [0.3, 0.4) is 0 Å². The Morgan fingerprint density at radius 1 is 0.750 bits per heavy atom. The Morgan fingerprint density at radius 3 is 1.94 bits per heavy atom. The summed E-state index contributed by atoms with van der Waals surface area (Å²) in [4.78, 5) is 0. The Bertz CT molecular complexity index is 956. The zero-order chi connectivity index (χ0) is 26.0. The van der Waals surface area contributed by atoms with Crippen LogP contribution in [-0.2, 0) is 14.2 Å². The molecule has 0 aliphatic carbocycles. The molecule has 0 radical (unpaired) electrons. The van der Waals surface area contributed by atoms with Crippen LogP contribution >= 0.6 is 0 Å². The number of rotatable bonds is 14. The van der Waals surface area contributed by atoms with Gasteiger partial charge in [-0.15, -0.1) is 6.58 Å². The van der Waals surface area contributed by atoms with Crippen molar-refractivity contribution in [2.75, 3.05) is 40.1 Å². The van der Waals surface area contributed by atoms with Crippen molar-refractivity contribution >= 4 is 0 Å². The smallest absolute Gasteiger partial charge is 0.123 e. The van der Waals surface area contributed by atoms with Gasteiger partial charge in [0.15, 0.2) is 0 Å². The van der Waals surface area contributed by atoms with E-state index in [1.54, 1.807) is 13.2 Å². The van der Waals surface area contributed by atoms with Crippen LogP contribution in [0.2, 0.25) is 0 Å². The molecular weight excluding hydrogens is 448 g/mol. The predicted octanol–water partition coefficient (Wildman–Crippen LogP) is 7.26. The molecule has 0 amide bonds. The minimum absolute atomic E-state index is 0.166. The van der Waals surface area contributed by atoms with E-state index in [0.717, 1.165) is 11.3 Å². The quantitative estimate of drug-likeness (QED) is 0.176. The van der Waals surface area contributed by atoms with E-state index in [1.165, 1.54) is 11.1 Å². The van der Waals surface area contributed by atoms with E-state index in [2.05, 4.69) is 81.9 Å². The molecule has 0 N–H and O–H groups in total. The monoisotopic (exact) mass is 490 g/mol. The predicted molar refractivity (Wildman–Crippen MR) is 149 cm³/mol. The van der Waals surface area contributed by atoms with Crippen molar-refractivity contribution in [3.63, 3.8) is 0 Å². The van der Waals surface area contributed by atoms with Gasteiger partial charge < -0.3 is 18.9 Å². The molecular formula is C32H42O4. The minimum atomic E-state index is -0.166. The highest BCUT2D eigenvalue weighted by molar-refractivity contribution is 5.41. The van der Waals surface area contributed by atoms with Gasteiger partial charge in [0.1, 0.15) is 18.5 Å². The molecule has 0 spiro atoms. The average molecular weight is 491 g/mol.